The standard InChI is InChI=1S/C16H27N3O3S.2ClH/c1-6-22-12-7-16(17,15(12,3)4)14(20)18-8-11-9-23-13(19-11)10(2)21-5;;/h9-10,12H,6-8,17H2,1-5H3,(H,18,20);2*1H. The summed E-state index contributed by atoms with van der Waals surface area (Å²) < 4.78 is 10.9. The van der Waals surface area contributed by atoms with Crippen molar-refractivity contribution < 1.29 is 14.3 Å². The largest absolute Gasteiger partial charge is 0.378 e. The Labute approximate surface area is 166 Å². The average molecular weight is 414 g/mol. The topological polar surface area (TPSA) is 86.5 Å². The summed E-state index contributed by atoms with van der Waals surface area (Å²) in [5.74, 6) is -0.146. The molecule has 25 heavy (non-hydrogen) atoms. The van der Waals surface area contributed by atoms with Crippen molar-refractivity contribution in [2.24, 2.45) is 11.1 Å². The number of hydrogen-bond donors (Lipinski definition) is 2. The molecule has 0 bridgehead atoms. The summed E-state index contributed by atoms with van der Waals surface area (Å²) in [7, 11) is 1.65. The molecule has 0 aromatic carbocycles. The van der Waals surface area contributed by atoms with E-state index in [0.29, 0.717) is 19.6 Å². The molecule has 0 radical (unpaired) electrons. The first-order valence-corrected chi connectivity index (χ1v) is 8.80. The minimum atomic E-state index is -0.897. The molecule has 0 saturated heterocycles. The van der Waals surface area contributed by atoms with Crippen LogP contribution in [0, 0.1) is 5.41 Å². The third kappa shape index (κ3) is 4.64. The van der Waals surface area contributed by atoms with Crippen LogP contribution in [0.3, 0.4) is 0 Å². The monoisotopic (exact) mass is 413 g/mol. The molecule has 1 aromatic heterocycles. The predicted molar refractivity (Wildman–Crippen MR) is 105 cm³/mol. The molecule has 0 aliphatic heterocycles. The average Bonchev–Trinajstić information content (AvgIpc) is 3.00. The molecule has 3 unspecified atom stereocenters. The number of carbonyl (C=O) groups excluding carboxylic acids is 1. The van der Waals surface area contributed by atoms with Gasteiger partial charge in [-0.3, -0.25) is 4.79 Å². The third-order valence-electron chi connectivity index (χ3n) is 4.94. The highest BCUT2D eigenvalue weighted by Crippen LogP contribution is 2.49. The van der Waals surface area contributed by atoms with Gasteiger partial charge in [-0.05, 0) is 13.8 Å². The maximum atomic E-state index is 12.5. The minimum Gasteiger partial charge on any atom is -0.378 e. The van der Waals surface area contributed by atoms with Crippen LogP contribution in [0.1, 0.15) is 50.9 Å². The van der Waals surface area contributed by atoms with Crippen molar-refractivity contribution in [1.82, 2.24) is 10.3 Å². The van der Waals surface area contributed by atoms with Gasteiger partial charge in [0.15, 0.2) is 0 Å². The Kier molecular flexibility index (Phi) is 9.32. The zero-order valence-electron chi connectivity index (χ0n) is 15.3. The molecule has 1 aliphatic rings. The highest BCUT2D eigenvalue weighted by Gasteiger charge is 2.62. The van der Waals surface area contributed by atoms with Crippen LogP contribution in [0.15, 0.2) is 5.38 Å². The summed E-state index contributed by atoms with van der Waals surface area (Å²) in [5, 5.41) is 5.75. The lowest BCUT2D eigenvalue weighted by Crippen LogP contribution is -2.75. The zero-order chi connectivity index (χ0) is 17.3. The van der Waals surface area contributed by atoms with Crippen LogP contribution in [-0.4, -0.2) is 36.3 Å². The van der Waals surface area contributed by atoms with Crippen LogP contribution < -0.4 is 11.1 Å². The normalized spacial score (nSPS) is 25.1. The number of nitrogens with two attached hydrogens (primary N) is 1. The van der Waals surface area contributed by atoms with E-state index in [-0.39, 0.29) is 48.3 Å². The quantitative estimate of drug-likeness (QED) is 0.717. The lowest BCUT2D eigenvalue weighted by molar-refractivity contribution is -0.170. The van der Waals surface area contributed by atoms with E-state index in [2.05, 4.69) is 10.3 Å². The molecule has 3 atom stereocenters. The Morgan fingerprint density at radius 3 is 2.68 bits per heavy atom. The maximum Gasteiger partial charge on any atom is 0.241 e. The van der Waals surface area contributed by atoms with E-state index in [0.717, 1.165) is 10.7 Å². The lowest BCUT2D eigenvalue weighted by atomic mass is 9.54. The molecule has 6 nitrogen and oxygen atoms in total. The molecule has 1 heterocycles. The van der Waals surface area contributed by atoms with E-state index >= 15 is 0 Å². The Hall–Kier alpha value is -0.440. The van der Waals surface area contributed by atoms with Crippen molar-refractivity contribution in [2.75, 3.05) is 13.7 Å². The SMILES string of the molecule is CCOC1CC(N)(C(=O)NCc2csc(C(C)OC)n2)C1(C)C.Cl.Cl. The summed E-state index contributed by atoms with van der Waals surface area (Å²) in [6.45, 7) is 8.87. The van der Waals surface area contributed by atoms with E-state index in [4.69, 9.17) is 15.2 Å². The molecule has 1 aromatic rings. The highest BCUT2D eigenvalue weighted by molar-refractivity contribution is 7.09. The fourth-order valence-corrected chi connectivity index (χ4v) is 3.69. The van der Waals surface area contributed by atoms with Crippen LogP contribution >= 0.6 is 36.2 Å². The van der Waals surface area contributed by atoms with Gasteiger partial charge in [-0.1, -0.05) is 13.8 Å². The fraction of sp³-hybridized carbons (Fsp3) is 0.750. The minimum absolute atomic E-state index is 0. The zero-order valence-corrected chi connectivity index (χ0v) is 17.8. The number of ether oxygens (including phenoxy) is 2. The van der Waals surface area contributed by atoms with Gasteiger partial charge in [0.1, 0.15) is 16.7 Å². The van der Waals surface area contributed by atoms with Crippen molar-refractivity contribution in [3.63, 3.8) is 0 Å². The smallest absolute Gasteiger partial charge is 0.241 e. The Balaban J connectivity index is 0.00000288. The number of hydrogen-bond acceptors (Lipinski definition) is 6. The molecule has 0 spiro atoms. The summed E-state index contributed by atoms with van der Waals surface area (Å²) in [4.78, 5) is 17.0. The van der Waals surface area contributed by atoms with Gasteiger partial charge in [-0.15, -0.1) is 36.2 Å². The molecule has 1 amide bonds. The Bertz CT molecular complexity index is 571. The number of rotatable bonds is 7. The molecule has 146 valence electrons. The van der Waals surface area contributed by atoms with Crippen LogP contribution in [0.25, 0.3) is 0 Å². The molecule has 1 saturated carbocycles. The van der Waals surface area contributed by atoms with Crippen LogP contribution in [0.2, 0.25) is 0 Å². The number of nitrogens with one attached hydrogen (secondary N) is 1. The van der Waals surface area contributed by atoms with Crippen LogP contribution in [0.5, 0.6) is 0 Å². The summed E-state index contributed by atoms with van der Waals surface area (Å²) in [6.07, 6.45) is 0.530. The van der Waals surface area contributed by atoms with Crippen molar-refractivity contribution in [3.05, 3.63) is 16.1 Å². The van der Waals surface area contributed by atoms with Gasteiger partial charge in [0, 0.05) is 30.9 Å². The van der Waals surface area contributed by atoms with E-state index < -0.39 is 5.54 Å². The van der Waals surface area contributed by atoms with Crippen LogP contribution in [0.4, 0.5) is 0 Å². The van der Waals surface area contributed by atoms with Crippen molar-refractivity contribution >= 4 is 42.1 Å². The lowest BCUT2D eigenvalue weighted by Gasteiger charge is -2.57. The van der Waals surface area contributed by atoms with Gasteiger partial charge < -0.3 is 20.5 Å². The second-order valence-electron chi connectivity index (χ2n) is 6.58. The first-order chi connectivity index (χ1) is 10.8. The Morgan fingerprint density at radius 1 is 1.52 bits per heavy atom. The van der Waals surface area contributed by atoms with Gasteiger partial charge >= 0.3 is 0 Å². The van der Waals surface area contributed by atoms with Gasteiger partial charge in [0.05, 0.1) is 18.3 Å². The number of thiazole rings is 1. The molecule has 9 heteroatoms. The summed E-state index contributed by atoms with van der Waals surface area (Å²) in [5.41, 5.74) is 5.90. The van der Waals surface area contributed by atoms with Gasteiger partial charge in [0.25, 0.3) is 0 Å². The van der Waals surface area contributed by atoms with Crippen molar-refractivity contribution in [3.8, 4) is 0 Å². The number of methoxy groups -OCH3 is 1. The number of nitrogens with zero attached hydrogens (tertiary/aromatic N) is 1. The second-order valence-corrected chi connectivity index (χ2v) is 7.47. The fourth-order valence-electron chi connectivity index (χ4n) is 2.84. The van der Waals surface area contributed by atoms with Gasteiger partial charge in [-0.2, -0.15) is 0 Å². The van der Waals surface area contributed by atoms with Gasteiger partial charge in [-0.25, -0.2) is 4.98 Å². The molecule has 3 N–H and O–H groups in total. The van der Waals surface area contributed by atoms with Crippen molar-refractivity contribution in [2.45, 2.75) is 58.4 Å². The van der Waals surface area contributed by atoms with Crippen LogP contribution in [-0.2, 0) is 20.8 Å². The number of amides is 1. The molecule has 2 rings (SSSR count). The number of halogens is 2. The molecular formula is C16H29Cl2N3O3S. The highest BCUT2D eigenvalue weighted by atomic mass is 35.5. The third-order valence-corrected chi connectivity index (χ3v) is 5.99. The van der Waals surface area contributed by atoms with Crippen molar-refractivity contribution in [1.29, 1.82) is 0 Å². The maximum absolute atomic E-state index is 12.5. The van der Waals surface area contributed by atoms with E-state index in [1.807, 2.05) is 33.1 Å². The first kappa shape index (κ1) is 24.6. The summed E-state index contributed by atoms with van der Waals surface area (Å²) in [6, 6.07) is 0. The predicted octanol–water partition coefficient (Wildman–Crippen LogP) is 2.84. The van der Waals surface area contributed by atoms with E-state index in [9.17, 15) is 4.79 Å². The second kappa shape index (κ2) is 9.48. The molecule has 1 fully saturated rings. The number of aromatic nitrogens is 1. The first-order valence-electron chi connectivity index (χ1n) is 7.92. The summed E-state index contributed by atoms with van der Waals surface area (Å²) >= 11 is 1.53. The van der Waals surface area contributed by atoms with Gasteiger partial charge in [0.2, 0.25) is 5.91 Å². The molecular weight excluding hydrogens is 385 g/mol. The number of carbonyl (C=O) groups is 1. The molecule has 1 aliphatic carbocycles. The van der Waals surface area contributed by atoms with E-state index in [1.54, 1.807) is 7.11 Å². The Morgan fingerprint density at radius 2 is 2.16 bits per heavy atom. The van der Waals surface area contributed by atoms with E-state index in [1.165, 1.54) is 11.3 Å².